The molecular weight excluding hydrogens is 198 g/mol. The Morgan fingerprint density at radius 1 is 1.20 bits per heavy atom. The average molecular weight is 209 g/mol. The Labute approximate surface area is 86.4 Å². The van der Waals surface area contributed by atoms with Crippen LogP contribution in [0.4, 0.5) is 0 Å². The zero-order valence-electron chi connectivity index (χ0n) is 8.15. The highest BCUT2D eigenvalue weighted by Gasteiger charge is 2.16. The van der Waals surface area contributed by atoms with Gasteiger partial charge in [0.1, 0.15) is 0 Å². The highest BCUT2D eigenvalue weighted by atomic mass is 16.4. The Balaban J connectivity index is 3.34. The van der Waals surface area contributed by atoms with Crippen molar-refractivity contribution < 1.29 is 19.8 Å². The molecule has 5 nitrogen and oxygen atoms in total. The van der Waals surface area contributed by atoms with E-state index < -0.39 is 11.9 Å². The zero-order valence-corrected chi connectivity index (χ0v) is 8.15. The van der Waals surface area contributed by atoms with Gasteiger partial charge in [0.25, 0.3) is 0 Å². The van der Waals surface area contributed by atoms with Crippen LogP contribution < -0.4 is 5.32 Å². The van der Waals surface area contributed by atoms with E-state index >= 15 is 0 Å². The maximum Gasteiger partial charge on any atom is 0.336 e. The van der Waals surface area contributed by atoms with Crippen LogP contribution in [0.5, 0.6) is 0 Å². The fourth-order valence-electron chi connectivity index (χ4n) is 1.35. The third-order valence-corrected chi connectivity index (χ3v) is 1.99. The fraction of sp³-hybridized carbons (Fsp3) is 0.200. The number of carboxylic acid groups (broad SMARTS) is 2. The molecule has 0 fully saturated rings. The zero-order chi connectivity index (χ0) is 11.4. The lowest BCUT2D eigenvalue weighted by atomic mass is 10.0. The van der Waals surface area contributed by atoms with Crippen LogP contribution in [0.15, 0.2) is 18.2 Å². The summed E-state index contributed by atoms with van der Waals surface area (Å²) in [6, 6.07) is 4.20. The number of benzene rings is 1. The van der Waals surface area contributed by atoms with Gasteiger partial charge in [0.05, 0.1) is 11.1 Å². The van der Waals surface area contributed by atoms with E-state index in [2.05, 4.69) is 5.32 Å². The normalized spacial score (nSPS) is 9.93. The highest BCUT2D eigenvalue weighted by molar-refractivity contribution is 5.96. The summed E-state index contributed by atoms with van der Waals surface area (Å²) in [5.41, 5.74) is 0.327. The van der Waals surface area contributed by atoms with Crippen LogP contribution in [0.3, 0.4) is 0 Å². The lowest BCUT2D eigenvalue weighted by molar-refractivity contribution is 0.0695. The minimum atomic E-state index is -1.12. The summed E-state index contributed by atoms with van der Waals surface area (Å²) in [6.45, 7) is 0.212. The van der Waals surface area contributed by atoms with Gasteiger partial charge in [-0.2, -0.15) is 0 Å². The van der Waals surface area contributed by atoms with Crippen molar-refractivity contribution in [3.8, 4) is 0 Å². The summed E-state index contributed by atoms with van der Waals surface area (Å²) in [5, 5.41) is 20.5. The number of aromatic carboxylic acids is 2. The monoisotopic (exact) mass is 209 g/mol. The number of rotatable bonds is 4. The fourth-order valence-corrected chi connectivity index (χ4v) is 1.35. The second kappa shape index (κ2) is 4.56. The van der Waals surface area contributed by atoms with E-state index in [1.165, 1.54) is 18.2 Å². The molecule has 5 heteroatoms. The number of hydrogen-bond acceptors (Lipinski definition) is 3. The van der Waals surface area contributed by atoms with Crippen LogP contribution >= 0.6 is 0 Å². The molecule has 15 heavy (non-hydrogen) atoms. The first-order chi connectivity index (χ1) is 7.07. The van der Waals surface area contributed by atoms with E-state index in [9.17, 15) is 9.59 Å². The van der Waals surface area contributed by atoms with Gasteiger partial charge < -0.3 is 15.5 Å². The minimum absolute atomic E-state index is 0.0178. The number of carbonyl (C=O) groups is 2. The van der Waals surface area contributed by atoms with Crippen molar-refractivity contribution in [3.05, 3.63) is 34.9 Å². The number of carboxylic acids is 2. The maximum absolute atomic E-state index is 10.9. The Hall–Kier alpha value is -1.88. The molecule has 1 aromatic carbocycles. The molecule has 3 N–H and O–H groups in total. The molecule has 0 aliphatic rings. The summed E-state index contributed by atoms with van der Waals surface area (Å²) in [6.07, 6.45) is 0. The largest absolute Gasteiger partial charge is 0.478 e. The molecule has 1 aromatic rings. The van der Waals surface area contributed by atoms with Gasteiger partial charge in [-0.1, -0.05) is 6.07 Å². The van der Waals surface area contributed by atoms with E-state index in [1.54, 1.807) is 7.05 Å². The predicted molar refractivity (Wildman–Crippen MR) is 53.1 cm³/mol. The molecule has 0 spiro atoms. The molecule has 0 saturated heterocycles. The van der Waals surface area contributed by atoms with Crippen LogP contribution in [0.1, 0.15) is 26.3 Å². The third kappa shape index (κ3) is 2.32. The molecule has 1 rings (SSSR count). The van der Waals surface area contributed by atoms with Crippen molar-refractivity contribution >= 4 is 11.9 Å². The van der Waals surface area contributed by atoms with Gasteiger partial charge >= 0.3 is 11.9 Å². The second-order valence-electron chi connectivity index (χ2n) is 2.97. The van der Waals surface area contributed by atoms with Gasteiger partial charge in [-0.05, 0) is 24.7 Å². The highest BCUT2D eigenvalue weighted by Crippen LogP contribution is 2.15. The van der Waals surface area contributed by atoms with Crippen LogP contribution in [-0.2, 0) is 6.54 Å². The van der Waals surface area contributed by atoms with E-state index in [-0.39, 0.29) is 17.7 Å². The molecule has 0 aliphatic carbocycles. The van der Waals surface area contributed by atoms with E-state index in [0.717, 1.165) is 0 Å². The van der Waals surface area contributed by atoms with Crippen molar-refractivity contribution in [1.29, 1.82) is 0 Å². The minimum Gasteiger partial charge on any atom is -0.478 e. The maximum atomic E-state index is 10.9. The molecule has 0 amide bonds. The molecule has 0 aliphatic heterocycles. The molecule has 0 atom stereocenters. The van der Waals surface area contributed by atoms with Crippen LogP contribution in [0.25, 0.3) is 0 Å². The van der Waals surface area contributed by atoms with E-state index in [1.807, 2.05) is 0 Å². The van der Waals surface area contributed by atoms with Crippen molar-refractivity contribution in [2.45, 2.75) is 6.54 Å². The van der Waals surface area contributed by atoms with Gasteiger partial charge in [-0.3, -0.25) is 0 Å². The quantitative estimate of drug-likeness (QED) is 0.682. The van der Waals surface area contributed by atoms with Gasteiger partial charge in [0.15, 0.2) is 0 Å². The lowest BCUT2D eigenvalue weighted by Gasteiger charge is -2.08. The Morgan fingerprint density at radius 3 is 2.00 bits per heavy atom. The summed E-state index contributed by atoms with van der Waals surface area (Å²) < 4.78 is 0. The van der Waals surface area contributed by atoms with Crippen LogP contribution in [0.2, 0.25) is 0 Å². The summed E-state index contributed by atoms with van der Waals surface area (Å²) >= 11 is 0. The van der Waals surface area contributed by atoms with Gasteiger partial charge in [-0.15, -0.1) is 0 Å². The first kappa shape index (κ1) is 11.2. The standard InChI is InChI=1S/C10H11NO4/c1-11-5-8-6(9(12)13)3-2-4-7(8)10(14)15/h2-4,11H,5H2,1H3,(H,12,13)(H,14,15). The SMILES string of the molecule is CNCc1c(C(=O)O)cccc1C(=O)O. The summed E-state index contributed by atoms with van der Waals surface area (Å²) in [4.78, 5) is 21.7. The molecule has 0 saturated carbocycles. The predicted octanol–water partition coefficient (Wildman–Crippen LogP) is 0.802. The Bertz CT molecular complexity index is 368. The third-order valence-electron chi connectivity index (χ3n) is 1.99. The number of nitrogens with one attached hydrogen (secondary N) is 1. The van der Waals surface area contributed by atoms with Crippen LogP contribution in [-0.4, -0.2) is 29.2 Å². The molecule has 0 unspecified atom stereocenters. The number of hydrogen-bond donors (Lipinski definition) is 3. The molecule has 80 valence electrons. The van der Waals surface area contributed by atoms with E-state index in [4.69, 9.17) is 10.2 Å². The summed E-state index contributed by atoms with van der Waals surface area (Å²) in [5.74, 6) is -2.24. The van der Waals surface area contributed by atoms with Crippen molar-refractivity contribution in [2.75, 3.05) is 7.05 Å². The van der Waals surface area contributed by atoms with Gasteiger partial charge in [0, 0.05) is 6.54 Å². The van der Waals surface area contributed by atoms with Crippen molar-refractivity contribution in [1.82, 2.24) is 5.32 Å². The topological polar surface area (TPSA) is 86.6 Å². The van der Waals surface area contributed by atoms with Crippen molar-refractivity contribution in [2.24, 2.45) is 0 Å². The molecule has 0 heterocycles. The Kier molecular flexibility index (Phi) is 3.41. The molecule has 0 aromatic heterocycles. The van der Waals surface area contributed by atoms with Crippen molar-refractivity contribution in [3.63, 3.8) is 0 Å². The average Bonchev–Trinajstić information content (AvgIpc) is 2.17. The first-order valence-electron chi connectivity index (χ1n) is 4.31. The Morgan fingerprint density at radius 2 is 1.67 bits per heavy atom. The smallest absolute Gasteiger partial charge is 0.336 e. The van der Waals surface area contributed by atoms with Crippen LogP contribution in [0, 0.1) is 0 Å². The first-order valence-corrected chi connectivity index (χ1v) is 4.31. The molecular formula is C10H11NO4. The summed E-state index contributed by atoms with van der Waals surface area (Å²) in [7, 11) is 1.63. The van der Waals surface area contributed by atoms with E-state index in [0.29, 0.717) is 5.56 Å². The van der Waals surface area contributed by atoms with Gasteiger partial charge in [-0.25, -0.2) is 9.59 Å². The molecule has 0 bridgehead atoms. The lowest BCUT2D eigenvalue weighted by Crippen LogP contribution is -2.15. The molecule has 0 radical (unpaired) electrons. The second-order valence-corrected chi connectivity index (χ2v) is 2.97. The van der Waals surface area contributed by atoms with Gasteiger partial charge in [0.2, 0.25) is 0 Å².